The average molecular weight is 138 g/mol. The highest BCUT2D eigenvalue weighted by Gasteiger charge is 2.35. The third kappa shape index (κ3) is 2.39. The molecule has 0 aliphatic rings. The van der Waals surface area contributed by atoms with Crippen LogP contribution in [-0.2, 0) is 4.79 Å². The molecule has 4 heteroatoms. The summed E-state index contributed by atoms with van der Waals surface area (Å²) in [5.74, 6) is -6.19. The van der Waals surface area contributed by atoms with Crippen molar-refractivity contribution in [3.05, 3.63) is 0 Å². The number of halogens is 2. The van der Waals surface area contributed by atoms with Crippen molar-refractivity contribution in [1.29, 1.82) is 0 Å². The SMILES string of the molecule is C[C@@H](C(=O)O)C(C)(F)F. The van der Waals surface area contributed by atoms with Gasteiger partial charge in [-0.1, -0.05) is 0 Å². The maximum atomic E-state index is 12.0. The quantitative estimate of drug-likeness (QED) is 0.625. The monoisotopic (exact) mass is 138 g/mol. The lowest BCUT2D eigenvalue weighted by Gasteiger charge is -2.13. The Kier molecular flexibility index (Phi) is 2.12. The smallest absolute Gasteiger partial charge is 0.312 e. The van der Waals surface area contributed by atoms with E-state index in [0.717, 1.165) is 6.92 Å². The van der Waals surface area contributed by atoms with E-state index in [1.165, 1.54) is 0 Å². The number of hydrogen-bond acceptors (Lipinski definition) is 1. The van der Waals surface area contributed by atoms with Gasteiger partial charge in [-0.15, -0.1) is 0 Å². The third-order valence-electron chi connectivity index (χ3n) is 1.13. The zero-order chi connectivity index (χ0) is 7.65. The molecule has 0 saturated carbocycles. The molecular weight excluding hydrogens is 130 g/mol. The van der Waals surface area contributed by atoms with E-state index in [1.54, 1.807) is 0 Å². The number of hydrogen-bond donors (Lipinski definition) is 1. The van der Waals surface area contributed by atoms with Gasteiger partial charge in [0.25, 0.3) is 5.92 Å². The second-order valence-corrected chi connectivity index (χ2v) is 2.02. The number of carboxylic acids is 1. The van der Waals surface area contributed by atoms with Crippen LogP contribution in [-0.4, -0.2) is 17.0 Å². The Morgan fingerprint density at radius 2 is 2.00 bits per heavy atom. The van der Waals surface area contributed by atoms with Crippen LogP contribution in [0, 0.1) is 5.92 Å². The average Bonchev–Trinajstić information content (AvgIpc) is 1.62. The molecule has 0 fully saturated rings. The summed E-state index contributed by atoms with van der Waals surface area (Å²) in [6.45, 7) is 1.56. The first-order valence-corrected chi connectivity index (χ1v) is 2.46. The lowest BCUT2D eigenvalue weighted by atomic mass is 10.1. The Labute approximate surface area is 51.5 Å². The van der Waals surface area contributed by atoms with Gasteiger partial charge in [-0.2, -0.15) is 0 Å². The molecule has 0 bridgehead atoms. The number of rotatable bonds is 2. The minimum absolute atomic E-state index is 0.589. The summed E-state index contributed by atoms with van der Waals surface area (Å²) in [6, 6.07) is 0. The highest BCUT2D eigenvalue weighted by molar-refractivity contribution is 5.70. The molecule has 0 saturated heterocycles. The molecule has 0 spiro atoms. The van der Waals surface area contributed by atoms with Crippen LogP contribution in [0.15, 0.2) is 0 Å². The van der Waals surface area contributed by atoms with Crippen LogP contribution in [0.2, 0.25) is 0 Å². The van der Waals surface area contributed by atoms with E-state index in [-0.39, 0.29) is 0 Å². The van der Waals surface area contributed by atoms with E-state index in [4.69, 9.17) is 5.11 Å². The Morgan fingerprint density at radius 3 is 2.00 bits per heavy atom. The first-order valence-electron chi connectivity index (χ1n) is 2.46. The number of aliphatic carboxylic acids is 1. The predicted molar refractivity (Wildman–Crippen MR) is 27.4 cm³/mol. The molecule has 9 heavy (non-hydrogen) atoms. The molecule has 2 nitrogen and oxygen atoms in total. The number of carbonyl (C=O) groups is 1. The van der Waals surface area contributed by atoms with Crippen LogP contribution in [0.3, 0.4) is 0 Å². The van der Waals surface area contributed by atoms with E-state index >= 15 is 0 Å². The van der Waals surface area contributed by atoms with Crippen molar-refractivity contribution in [3.8, 4) is 0 Å². The molecular formula is C5H8F2O2. The molecule has 0 aromatic carbocycles. The van der Waals surface area contributed by atoms with E-state index in [1.807, 2.05) is 0 Å². The number of alkyl halides is 2. The van der Waals surface area contributed by atoms with Gasteiger partial charge < -0.3 is 5.11 Å². The van der Waals surface area contributed by atoms with Crippen molar-refractivity contribution >= 4 is 5.97 Å². The summed E-state index contributed by atoms with van der Waals surface area (Å²) in [6.07, 6.45) is 0. The molecule has 0 unspecified atom stereocenters. The van der Waals surface area contributed by atoms with Crippen LogP contribution < -0.4 is 0 Å². The van der Waals surface area contributed by atoms with Gasteiger partial charge in [0.2, 0.25) is 0 Å². The number of carboxylic acid groups (broad SMARTS) is 1. The van der Waals surface area contributed by atoms with Crippen molar-refractivity contribution in [2.75, 3.05) is 0 Å². The summed E-state index contributed by atoms with van der Waals surface area (Å²) in [4.78, 5) is 9.87. The van der Waals surface area contributed by atoms with Crippen LogP contribution in [0.1, 0.15) is 13.8 Å². The van der Waals surface area contributed by atoms with E-state index < -0.39 is 17.8 Å². The van der Waals surface area contributed by atoms with E-state index in [0.29, 0.717) is 6.92 Å². The molecule has 0 aromatic rings. The first kappa shape index (κ1) is 8.33. The molecule has 0 aromatic heterocycles. The van der Waals surface area contributed by atoms with Crippen LogP contribution in [0.4, 0.5) is 8.78 Å². The summed E-state index contributed by atoms with van der Waals surface area (Å²) in [5.41, 5.74) is 0. The molecule has 0 rings (SSSR count). The highest BCUT2D eigenvalue weighted by atomic mass is 19.3. The predicted octanol–water partition coefficient (Wildman–Crippen LogP) is 1.36. The van der Waals surface area contributed by atoms with Gasteiger partial charge in [0.1, 0.15) is 5.92 Å². The zero-order valence-corrected chi connectivity index (χ0v) is 5.19. The van der Waals surface area contributed by atoms with Crippen LogP contribution in [0.25, 0.3) is 0 Å². The largest absolute Gasteiger partial charge is 0.481 e. The van der Waals surface area contributed by atoms with Gasteiger partial charge in [0, 0.05) is 6.92 Å². The molecule has 0 heterocycles. The summed E-state index contributed by atoms with van der Waals surface area (Å²) >= 11 is 0. The van der Waals surface area contributed by atoms with Crippen molar-refractivity contribution in [2.45, 2.75) is 19.8 Å². The minimum Gasteiger partial charge on any atom is -0.481 e. The lowest BCUT2D eigenvalue weighted by molar-refractivity contribution is -0.153. The van der Waals surface area contributed by atoms with Gasteiger partial charge in [-0.25, -0.2) is 8.78 Å². The summed E-state index contributed by atoms with van der Waals surface area (Å²) in [5, 5.41) is 8.04. The highest BCUT2D eigenvalue weighted by Crippen LogP contribution is 2.22. The molecule has 1 atom stereocenters. The normalized spacial score (nSPS) is 15.1. The van der Waals surface area contributed by atoms with Crippen LogP contribution in [0.5, 0.6) is 0 Å². The van der Waals surface area contributed by atoms with E-state index in [9.17, 15) is 13.6 Å². The van der Waals surface area contributed by atoms with Gasteiger partial charge >= 0.3 is 5.97 Å². The zero-order valence-electron chi connectivity index (χ0n) is 5.19. The van der Waals surface area contributed by atoms with Gasteiger partial charge in [-0.3, -0.25) is 4.79 Å². The molecule has 54 valence electrons. The van der Waals surface area contributed by atoms with Gasteiger partial charge in [-0.05, 0) is 6.92 Å². The summed E-state index contributed by atoms with van der Waals surface area (Å²) in [7, 11) is 0. The van der Waals surface area contributed by atoms with Gasteiger partial charge in [0.15, 0.2) is 0 Å². The molecule has 0 radical (unpaired) electrons. The Balaban J connectivity index is 4.04. The fraction of sp³-hybridized carbons (Fsp3) is 0.800. The van der Waals surface area contributed by atoms with Crippen molar-refractivity contribution in [1.82, 2.24) is 0 Å². The maximum Gasteiger partial charge on any atom is 0.312 e. The first-order chi connectivity index (χ1) is 3.85. The fourth-order valence-electron chi connectivity index (χ4n) is 0.217. The van der Waals surface area contributed by atoms with Crippen molar-refractivity contribution in [2.24, 2.45) is 5.92 Å². The van der Waals surface area contributed by atoms with Gasteiger partial charge in [0.05, 0.1) is 0 Å². The second kappa shape index (κ2) is 2.29. The Bertz CT molecular complexity index is 117. The fourth-order valence-corrected chi connectivity index (χ4v) is 0.217. The second-order valence-electron chi connectivity index (χ2n) is 2.02. The molecule has 0 aliphatic heterocycles. The molecule has 0 amide bonds. The van der Waals surface area contributed by atoms with Crippen LogP contribution >= 0.6 is 0 Å². The molecule has 1 N–H and O–H groups in total. The standard InChI is InChI=1S/C5H8F2O2/c1-3(4(8)9)5(2,6)7/h3H,1-2H3,(H,8,9)/t3-/m0/s1. The third-order valence-corrected chi connectivity index (χ3v) is 1.13. The Morgan fingerprint density at radius 1 is 1.67 bits per heavy atom. The minimum atomic E-state index is -3.12. The Hall–Kier alpha value is -0.670. The van der Waals surface area contributed by atoms with Crippen molar-refractivity contribution < 1.29 is 18.7 Å². The maximum absolute atomic E-state index is 12.0. The summed E-state index contributed by atoms with van der Waals surface area (Å²) < 4.78 is 24.0. The van der Waals surface area contributed by atoms with Crippen molar-refractivity contribution in [3.63, 3.8) is 0 Å². The molecule has 0 aliphatic carbocycles. The van der Waals surface area contributed by atoms with E-state index in [2.05, 4.69) is 0 Å². The lowest BCUT2D eigenvalue weighted by Crippen LogP contribution is -2.28. The topological polar surface area (TPSA) is 37.3 Å².